The fourth-order valence-corrected chi connectivity index (χ4v) is 4.55. The Kier molecular flexibility index (Phi) is 11.0. The number of ether oxygens (including phenoxy) is 3. The molecule has 1 aromatic rings. The molecule has 5 nitrogen and oxygen atoms in total. The van der Waals surface area contributed by atoms with Crippen LogP contribution in [0.1, 0.15) is 46.1 Å². The Labute approximate surface area is 207 Å². The molecule has 1 aromatic carbocycles. The lowest BCUT2D eigenvalue weighted by molar-refractivity contribution is -0.107. The van der Waals surface area contributed by atoms with Crippen molar-refractivity contribution in [1.29, 1.82) is 0 Å². The van der Waals surface area contributed by atoms with E-state index in [1.165, 1.54) is 5.57 Å². The summed E-state index contributed by atoms with van der Waals surface area (Å²) in [5.74, 6) is 0.810. The van der Waals surface area contributed by atoms with Crippen molar-refractivity contribution in [3.63, 3.8) is 0 Å². The first-order chi connectivity index (χ1) is 16.1. The van der Waals surface area contributed by atoms with E-state index >= 15 is 0 Å². The summed E-state index contributed by atoms with van der Waals surface area (Å²) in [5, 5.41) is 0.0484. The summed E-state index contributed by atoms with van der Waals surface area (Å²) in [6.45, 7) is 14.4. The molecule has 0 spiro atoms. The van der Waals surface area contributed by atoms with Gasteiger partial charge in [-0.25, -0.2) is 0 Å². The average Bonchev–Trinajstić information content (AvgIpc) is 2.78. The van der Waals surface area contributed by atoms with E-state index in [0.29, 0.717) is 19.6 Å². The molecule has 3 atom stereocenters. The van der Waals surface area contributed by atoms with Crippen LogP contribution in [0.3, 0.4) is 0 Å². The van der Waals surface area contributed by atoms with Gasteiger partial charge in [-0.2, -0.15) is 0 Å². The van der Waals surface area contributed by atoms with Gasteiger partial charge in [-0.3, -0.25) is 0 Å². The van der Waals surface area contributed by atoms with Crippen LogP contribution in [0.4, 0.5) is 0 Å². The third-order valence-electron chi connectivity index (χ3n) is 6.50. The largest absolute Gasteiger partial charge is 0.497 e. The van der Waals surface area contributed by atoms with Gasteiger partial charge in [-0.05, 0) is 49.2 Å². The van der Waals surface area contributed by atoms with Crippen LogP contribution >= 0.6 is 0 Å². The number of carbonyl (C=O) groups is 1. The number of rotatable bonds is 12. The number of benzene rings is 1. The highest BCUT2D eigenvalue weighted by Gasteiger charge is 2.40. The normalized spacial score (nSPS) is 19.3. The highest BCUT2D eigenvalue weighted by molar-refractivity contribution is 6.74. The molecule has 0 amide bonds. The van der Waals surface area contributed by atoms with E-state index in [9.17, 15) is 4.79 Å². The number of hydrogen-bond acceptors (Lipinski definition) is 5. The van der Waals surface area contributed by atoms with Crippen LogP contribution in [-0.4, -0.2) is 46.6 Å². The topological polar surface area (TPSA) is 54.0 Å². The molecule has 1 aliphatic rings. The maximum absolute atomic E-state index is 11.0. The van der Waals surface area contributed by atoms with E-state index < -0.39 is 8.32 Å². The quantitative estimate of drug-likeness (QED) is 0.194. The van der Waals surface area contributed by atoms with Crippen molar-refractivity contribution in [2.24, 2.45) is 0 Å². The molecule has 0 aliphatic carbocycles. The second kappa shape index (κ2) is 13.2. The third-order valence-corrected chi connectivity index (χ3v) is 11.0. The zero-order chi connectivity index (χ0) is 25.2. The molecule has 0 bridgehead atoms. The second-order valence-corrected chi connectivity index (χ2v) is 15.1. The summed E-state index contributed by atoms with van der Waals surface area (Å²) in [6, 6.07) is 7.84. The maximum Gasteiger partial charge on any atom is 0.193 e. The van der Waals surface area contributed by atoms with Crippen LogP contribution < -0.4 is 4.74 Å². The molecule has 0 saturated carbocycles. The van der Waals surface area contributed by atoms with Gasteiger partial charge in [0.1, 0.15) is 18.1 Å². The molecule has 2 rings (SSSR count). The number of hydrogen-bond donors (Lipinski definition) is 0. The second-order valence-electron chi connectivity index (χ2n) is 10.3. The number of allylic oxidation sites excluding steroid dienone is 1. The van der Waals surface area contributed by atoms with Gasteiger partial charge < -0.3 is 23.4 Å². The predicted molar refractivity (Wildman–Crippen MR) is 141 cm³/mol. The Balaban J connectivity index is 2.28. The lowest BCUT2D eigenvalue weighted by atomic mass is 10.1. The molecule has 188 valence electrons. The lowest BCUT2D eigenvalue weighted by Gasteiger charge is -2.40. The molecule has 34 heavy (non-hydrogen) atoms. The van der Waals surface area contributed by atoms with E-state index in [0.717, 1.165) is 24.0 Å². The number of methoxy groups -OCH3 is 1. The Morgan fingerprint density at radius 1 is 1.15 bits per heavy atom. The molecule has 0 fully saturated rings. The van der Waals surface area contributed by atoms with Crippen LogP contribution in [0.25, 0.3) is 0 Å². The van der Waals surface area contributed by atoms with Crippen molar-refractivity contribution in [2.45, 2.75) is 83.6 Å². The SMILES string of the molecule is COc1ccc(CO[C@@H](C=CCC=O)C(C=C[C@@H]2CC(C)=CCO2)O[Si](C)(C)C(C)(C)C)cc1. The molecule has 6 heteroatoms. The average molecular weight is 487 g/mol. The van der Waals surface area contributed by atoms with Crippen molar-refractivity contribution in [3.05, 3.63) is 65.8 Å². The van der Waals surface area contributed by atoms with Gasteiger partial charge >= 0.3 is 0 Å². The highest BCUT2D eigenvalue weighted by Crippen LogP contribution is 2.38. The summed E-state index contributed by atoms with van der Waals surface area (Å²) in [7, 11) is -0.448. The van der Waals surface area contributed by atoms with E-state index in [4.69, 9.17) is 18.6 Å². The molecule has 0 N–H and O–H groups in total. The zero-order valence-corrected chi connectivity index (χ0v) is 22.9. The zero-order valence-electron chi connectivity index (χ0n) is 21.9. The predicted octanol–water partition coefficient (Wildman–Crippen LogP) is 6.41. The minimum Gasteiger partial charge on any atom is -0.497 e. The smallest absolute Gasteiger partial charge is 0.193 e. The van der Waals surface area contributed by atoms with Gasteiger partial charge in [0.05, 0.1) is 32.5 Å². The van der Waals surface area contributed by atoms with Gasteiger partial charge in [-0.1, -0.05) is 68.9 Å². The first-order valence-electron chi connectivity index (χ1n) is 12.0. The van der Waals surface area contributed by atoms with Crippen LogP contribution in [0.2, 0.25) is 18.1 Å². The summed E-state index contributed by atoms with van der Waals surface area (Å²) < 4.78 is 24.4. The van der Waals surface area contributed by atoms with Gasteiger partial charge in [0.2, 0.25) is 0 Å². The van der Waals surface area contributed by atoms with E-state index in [1.807, 2.05) is 36.4 Å². The summed E-state index contributed by atoms with van der Waals surface area (Å²) in [4.78, 5) is 11.0. The van der Waals surface area contributed by atoms with Crippen molar-refractivity contribution < 1.29 is 23.4 Å². The molecule has 0 radical (unpaired) electrons. The number of carbonyl (C=O) groups excluding carboxylic acids is 1. The Morgan fingerprint density at radius 3 is 2.44 bits per heavy atom. The van der Waals surface area contributed by atoms with Crippen molar-refractivity contribution >= 4 is 14.6 Å². The van der Waals surface area contributed by atoms with E-state index in [1.54, 1.807) is 7.11 Å². The Bertz CT molecular complexity index is 849. The number of aldehydes is 1. The first kappa shape index (κ1) is 28.2. The summed E-state index contributed by atoms with van der Waals surface area (Å²) in [5.41, 5.74) is 2.38. The molecular weight excluding hydrogens is 444 g/mol. The first-order valence-corrected chi connectivity index (χ1v) is 14.9. The Hall–Kier alpha value is -1.99. The van der Waals surface area contributed by atoms with Crippen LogP contribution in [0, 0.1) is 0 Å². The summed E-state index contributed by atoms with van der Waals surface area (Å²) in [6.07, 6.45) is 11.6. The molecule has 1 heterocycles. The molecule has 0 saturated heterocycles. The molecule has 1 aliphatic heterocycles. The maximum atomic E-state index is 11.0. The van der Waals surface area contributed by atoms with Gasteiger partial charge in [-0.15, -0.1) is 0 Å². The molecular formula is C28H42O5Si. The minimum absolute atomic E-state index is 0.0247. The van der Waals surface area contributed by atoms with Crippen LogP contribution in [-0.2, 0) is 25.3 Å². The standard InChI is InChI=1S/C28H42O5Si/c1-22-17-19-31-25(20-22)15-16-27(33-34(6,7)28(2,3)4)26(10-8-9-18-29)32-21-23-11-13-24(30-5)14-12-23/h8,10-18,25-27H,9,19-21H2,1-7H3/t25-,26+,27?/m1/s1. The molecule has 0 aromatic heterocycles. The lowest BCUT2D eigenvalue weighted by Crippen LogP contribution is -2.46. The van der Waals surface area contributed by atoms with Gasteiger partial charge in [0.25, 0.3) is 0 Å². The van der Waals surface area contributed by atoms with E-state index in [-0.39, 0.29) is 23.4 Å². The summed E-state index contributed by atoms with van der Waals surface area (Å²) >= 11 is 0. The highest BCUT2D eigenvalue weighted by atomic mass is 28.4. The fourth-order valence-electron chi connectivity index (χ4n) is 3.31. The van der Waals surface area contributed by atoms with Crippen molar-refractivity contribution in [3.8, 4) is 5.75 Å². The van der Waals surface area contributed by atoms with Gasteiger partial charge in [0.15, 0.2) is 8.32 Å². The fraction of sp³-hybridized carbons (Fsp3) is 0.536. The Morgan fingerprint density at radius 2 is 1.85 bits per heavy atom. The molecule has 1 unspecified atom stereocenters. The van der Waals surface area contributed by atoms with Gasteiger partial charge in [0, 0.05) is 6.42 Å². The monoisotopic (exact) mass is 486 g/mol. The van der Waals surface area contributed by atoms with E-state index in [2.05, 4.69) is 59.0 Å². The van der Waals surface area contributed by atoms with Crippen molar-refractivity contribution in [1.82, 2.24) is 0 Å². The third kappa shape index (κ3) is 8.99. The minimum atomic E-state index is -2.10. The van der Waals surface area contributed by atoms with Crippen LogP contribution in [0.5, 0.6) is 5.75 Å². The van der Waals surface area contributed by atoms with Crippen LogP contribution in [0.15, 0.2) is 60.2 Å². The van der Waals surface area contributed by atoms with Crippen molar-refractivity contribution in [2.75, 3.05) is 13.7 Å².